The van der Waals surface area contributed by atoms with Crippen molar-refractivity contribution in [2.45, 2.75) is 32.5 Å². The highest BCUT2D eigenvalue weighted by molar-refractivity contribution is 5.78. The maximum atomic E-state index is 13.1. The first-order chi connectivity index (χ1) is 10.1. The number of rotatable bonds is 8. The number of alkyl halides is 1. The predicted molar refractivity (Wildman–Crippen MR) is 76.5 cm³/mol. The van der Waals surface area contributed by atoms with Crippen LogP contribution in [0.4, 0.5) is 10.1 Å². The minimum atomic E-state index is -1.57. The summed E-state index contributed by atoms with van der Waals surface area (Å²) in [6.07, 6.45) is -0.695. The third-order valence-electron chi connectivity index (χ3n) is 2.78. The molecule has 0 amide bonds. The summed E-state index contributed by atoms with van der Waals surface area (Å²) in [6.45, 7) is 1.64. The molecule has 116 valence electrons. The summed E-state index contributed by atoms with van der Waals surface area (Å²) in [6, 6.07) is 7.02. The number of hydrogen-bond acceptors (Lipinski definition) is 5. The minimum absolute atomic E-state index is 0.0935. The summed E-state index contributed by atoms with van der Waals surface area (Å²) in [5.41, 5.74) is 1.31. The topological polar surface area (TPSA) is 64.6 Å². The van der Waals surface area contributed by atoms with Gasteiger partial charge in [-0.05, 0) is 18.1 Å². The molecule has 0 aliphatic heterocycles. The van der Waals surface area contributed by atoms with Gasteiger partial charge in [-0.1, -0.05) is 25.1 Å². The second-order valence-corrected chi connectivity index (χ2v) is 4.45. The van der Waals surface area contributed by atoms with Gasteiger partial charge in [0.15, 0.2) is 0 Å². The number of nitrogens with one attached hydrogen (secondary N) is 1. The first-order valence-corrected chi connectivity index (χ1v) is 6.79. The van der Waals surface area contributed by atoms with Gasteiger partial charge in [-0.15, -0.1) is 0 Å². The van der Waals surface area contributed by atoms with E-state index in [0.29, 0.717) is 17.7 Å². The van der Waals surface area contributed by atoms with E-state index in [9.17, 15) is 14.0 Å². The Morgan fingerprint density at radius 2 is 2.00 bits per heavy atom. The molecule has 0 bridgehead atoms. The lowest BCUT2D eigenvalue weighted by atomic mass is 10.1. The molecule has 0 saturated carbocycles. The lowest BCUT2D eigenvalue weighted by Crippen LogP contribution is -2.22. The van der Waals surface area contributed by atoms with Crippen LogP contribution in [0.2, 0.25) is 0 Å². The lowest BCUT2D eigenvalue weighted by Gasteiger charge is -2.12. The van der Waals surface area contributed by atoms with Crippen LogP contribution in [0.5, 0.6) is 0 Å². The number of para-hydroxylation sites is 1. The van der Waals surface area contributed by atoms with Crippen LogP contribution < -0.4 is 5.32 Å². The van der Waals surface area contributed by atoms with Crippen LogP contribution in [0.25, 0.3) is 0 Å². The van der Waals surface area contributed by atoms with Crippen LogP contribution in [-0.4, -0.2) is 32.0 Å². The van der Waals surface area contributed by atoms with E-state index in [1.54, 1.807) is 24.3 Å². The molecule has 1 N–H and O–H groups in total. The van der Waals surface area contributed by atoms with Crippen LogP contribution in [0.15, 0.2) is 24.3 Å². The third kappa shape index (κ3) is 6.25. The Hall–Kier alpha value is -2.11. The fraction of sp³-hybridized carbons (Fsp3) is 0.467. The molecule has 1 rings (SSSR count). The SMILES string of the molecule is CCCC(F)OC(=O)CNc1ccccc1CC(=O)OC. The van der Waals surface area contributed by atoms with Crippen molar-refractivity contribution < 1.29 is 23.5 Å². The molecule has 1 unspecified atom stereocenters. The fourth-order valence-corrected chi connectivity index (χ4v) is 1.71. The average Bonchev–Trinajstić information content (AvgIpc) is 2.46. The van der Waals surface area contributed by atoms with Crippen LogP contribution in [0, 0.1) is 0 Å². The summed E-state index contributed by atoms with van der Waals surface area (Å²) < 4.78 is 22.3. The molecule has 21 heavy (non-hydrogen) atoms. The zero-order valence-electron chi connectivity index (χ0n) is 12.2. The van der Waals surface area contributed by atoms with E-state index in [0.717, 1.165) is 0 Å². The Morgan fingerprint density at radius 1 is 1.29 bits per heavy atom. The van der Waals surface area contributed by atoms with E-state index in [4.69, 9.17) is 0 Å². The molecule has 1 aromatic rings. The van der Waals surface area contributed by atoms with Gasteiger partial charge in [0.1, 0.15) is 6.54 Å². The van der Waals surface area contributed by atoms with E-state index in [2.05, 4.69) is 14.8 Å². The molecule has 1 atom stereocenters. The maximum Gasteiger partial charge on any atom is 0.327 e. The molecule has 5 nitrogen and oxygen atoms in total. The van der Waals surface area contributed by atoms with Crippen molar-refractivity contribution >= 4 is 17.6 Å². The van der Waals surface area contributed by atoms with Gasteiger partial charge in [-0.2, -0.15) is 0 Å². The Morgan fingerprint density at radius 3 is 2.67 bits per heavy atom. The van der Waals surface area contributed by atoms with Crippen LogP contribution in [0.1, 0.15) is 25.3 Å². The quantitative estimate of drug-likeness (QED) is 0.747. The van der Waals surface area contributed by atoms with Crippen molar-refractivity contribution in [1.82, 2.24) is 0 Å². The average molecular weight is 297 g/mol. The lowest BCUT2D eigenvalue weighted by molar-refractivity contribution is -0.156. The molecular formula is C15H20FNO4. The zero-order valence-corrected chi connectivity index (χ0v) is 12.2. The summed E-state index contributed by atoms with van der Waals surface area (Å²) >= 11 is 0. The molecule has 0 aliphatic carbocycles. The summed E-state index contributed by atoms with van der Waals surface area (Å²) in [7, 11) is 1.31. The standard InChI is InChI=1S/C15H20FNO4/c1-3-6-13(16)21-15(19)10-17-12-8-5-4-7-11(12)9-14(18)20-2/h4-5,7-8,13,17H,3,6,9-10H2,1-2H3. The second kappa shape index (κ2) is 8.94. The van der Waals surface area contributed by atoms with Gasteiger partial charge in [0.25, 0.3) is 0 Å². The van der Waals surface area contributed by atoms with E-state index in [1.807, 2.05) is 6.92 Å². The van der Waals surface area contributed by atoms with Gasteiger partial charge in [0.2, 0.25) is 6.36 Å². The molecule has 0 fully saturated rings. The monoisotopic (exact) mass is 297 g/mol. The minimum Gasteiger partial charge on any atom is -0.469 e. The Labute approximate surface area is 123 Å². The van der Waals surface area contributed by atoms with Gasteiger partial charge < -0.3 is 14.8 Å². The predicted octanol–water partition coefficient (Wildman–Crippen LogP) is 2.45. The Bertz CT molecular complexity index is 478. The molecule has 0 spiro atoms. The maximum absolute atomic E-state index is 13.1. The number of hydrogen-bond donors (Lipinski definition) is 1. The highest BCUT2D eigenvalue weighted by Crippen LogP contribution is 2.16. The zero-order chi connectivity index (χ0) is 15.7. The summed E-state index contributed by atoms with van der Waals surface area (Å²) in [4.78, 5) is 22.8. The van der Waals surface area contributed by atoms with Crippen molar-refractivity contribution in [3.63, 3.8) is 0 Å². The van der Waals surface area contributed by atoms with Crippen LogP contribution in [-0.2, 0) is 25.5 Å². The molecule has 0 radical (unpaired) electrons. The van der Waals surface area contributed by atoms with Crippen LogP contribution in [0.3, 0.4) is 0 Å². The smallest absolute Gasteiger partial charge is 0.327 e. The largest absolute Gasteiger partial charge is 0.469 e. The van der Waals surface area contributed by atoms with Crippen LogP contribution >= 0.6 is 0 Å². The van der Waals surface area contributed by atoms with Crippen molar-refractivity contribution in [1.29, 1.82) is 0 Å². The van der Waals surface area contributed by atoms with Crippen molar-refractivity contribution in [2.75, 3.05) is 19.0 Å². The first-order valence-electron chi connectivity index (χ1n) is 6.79. The van der Waals surface area contributed by atoms with Gasteiger partial charge in [-0.25, -0.2) is 4.39 Å². The van der Waals surface area contributed by atoms with Crippen molar-refractivity contribution in [3.8, 4) is 0 Å². The van der Waals surface area contributed by atoms with Gasteiger partial charge in [-0.3, -0.25) is 9.59 Å². The number of methoxy groups -OCH3 is 1. The van der Waals surface area contributed by atoms with Gasteiger partial charge in [0.05, 0.1) is 13.5 Å². The highest BCUT2D eigenvalue weighted by Gasteiger charge is 2.13. The van der Waals surface area contributed by atoms with E-state index in [-0.39, 0.29) is 25.4 Å². The number of carbonyl (C=O) groups excluding carboxylic acids is 2. The second-order valence-electron chi connectivity index (χ2n) is 4.45. The Balaban J connectivity index is 2.55. The number of ether oxygens (including phenoxy) is 2. The van der Waals surface area contributed by atoms with Gasteiger partial charge in [0, 0.05) is 12.1 Å². The number of halogens is 1. The summed E-state index contributed by atoms with van der Waals surface area (Å²) in [5.74, 6) is -1.05. The molecular weight excluding hydrogens is 277 g/mol. The normalized spacial score (nSPS) is 11.6. The molecule has 6 heteroatoms. The van der Waals surface area contributed by atoms with Gasteiger partial charge >= 0.3 is 11.9 Å². The van der Waals surface area contributed by atoms with E-state index in [1.165, 1.54) is 7.11 Å². The van der Waals surface area contributed by atoms with Crippen molar-refractivity contribution in [2.24, 2.45) is 0 Å². The van der Waals surface area contributed by atoms with Crippen molar-refractivity contribution in [3.05, 3.63) is 29.8 Å². The fourth-order valence-electron chi connectivity index (χ4n) is 1.71. The number of anilines is 1. The third-order valence-corrected chi connectivity index (χ3v) is 2.78. The number of carbonyl (C=O) groups is 2. The highest BCUT2D eigenvalue weighted by atomic mass is 19.1. The number of benzene rings is 1. The number of esters is 2. The molecule has 0 heterocycles. The van der Waals surface area contributed by atoms with E-state index >= 15 is 0 Å². The molecule has 0 aromatic heterocycles. The van der Waals surface area contributed by atoms with E-state index < -0.39 is 12.3 Å². The molecule has 0 saturated heterocycles. The Kier molecular flexibility index (Phi) is 7.21. The molecule has 1 aromatic carbocycles. The first kappa shape index (κ1) is 16.9. The molecule has 0 aliphatic rings. The summed E-state index contributed by atoms with van der Waals surface area (Å²) in [5, 5.41) is 2.84.